The Bertz CT molecular complexity index is 373. The third-order valence-electron chi connectivity index (χ3n) is 2.35. The third kappa shape index (κ3) is 2.85. The Kier molecular flexibility index (Phi) is 4.10. The van der Waals surface area contributed by atoms with Gasteiger partial charge in [0, 0.05) is 26.7 Å². The average molecular weight is 224 g/mol. The van der Waals surface area contributed by atoms with Crippen molar-refractivity contribution in [1.82, 2.24) is 5.32 Å². The van der Waals surface area contributed by atoms with Gasteiger partial charge >= 0.3 is 0 Å². The summed E-state index contributed by atoms with van der Waals surface area (Å²) < 4.78 is 5.24. The zero-order chi connectivity index (χ0) is 12.1. The largest absolute Gasteiger partial charge is 0.438 e. The first-order valence-electron chi connectivity index (χ1n) is 5.06. The lowest BCUT2D eigenvalue weighted by Gasteiger charge is -2.19. The summed E-state index contributed by atoms with van der Waals surface area (Å²) >= 11 is 0. The van der Waals surface area contributed by atoms with Crippen LogP contribution < -0.4 is 10.2 Å². The molecule has 0 saturated heterocycles. The minimum Gasteiger partial charge on any atom is -0.438 e. The van der Waals surface area contributed by atoms with Gasteiger partial charge in [-0.2, -0.15) is 0 Å². The Labute approximate surface area is 94.4 Å². The molecule has 1 atom stereocenters. The summed E-state index contributed by atoms with van der Waals surface area (Å²) in [4.78, 5) is 23.6. The molecular weight excluding hydrogens is 208 g/mol. The number of carbonyl (C=O) groups is 2. The lowest BCUT2D eigenvalue weighted by molar-refractivity contribution is -0.123. The molecule has 1 aromatic rings. The normalized spacial score (nSPS) is 11.9. The van der Waals surface area contributed by atoms with Gasteiger partial charge in [-0.25, -0.2) is 0 Å². The highest BCUT2D eigenvalue weighted by atomic mass is 16.4. The summed E-state index contributed by atoms with van der Waals surface area (Å²) in [5, 5.41) is 2.59. The fourth-order valence-electron chi connectivity index (χ4n) is 1.44. The summed E-state index contributed by atoms with van der Waals surface area (Å²) in [6, 6.07) is 3.31. The molecule has 5 heteroatoms. The van der Waals surface area contributed by atoms with Crippen LogP contribution in [-0.2, 0) is 4.79 Å². The summed E-state index contributed by atoms with van der Waals surface area (Å²) in [7, 11) is 3.42. The molecule has 88 valence electrons. The van der Waals surface area contributed by atoms with Gasteiger partial charge < -0.3 is 14.6 Å². The number of anilines is 1. The van der Waals surface area contributed by atoms with Crippen molar-refractivity contribution >= 4 is 18.1 Å². The van der Waals surface area contributed by atoms with Crippen molar-refractivity contribution in [2.45, 2.75) is 6.92 Å². The molecule has 0 bridgehead atoms. The van der Waals surface area contributed by atoms with Gasteiger partial charge in [-0.05, 0) is 6.07 Å². The second-order valence-electron chi connectivity index (χ2n) is 3.69. The van der Waals surface area contributed by atoms with Crippen molar-refractivity contribution in [3.05, 3.63) is 17.9 Å². The molecule has 16 heavy (non-hydrogen) atoms. The van der Waals surface area contributed by atoms with Crippen LogP contribution >= 0.6 is 0 Å². The third-order valence-corrected chi connectivity index (χ3v) is 2.35. The number of hydrogen-bond donors (Lipinski definition) is 1. The van der Waals surface area contributed by atoms with Gasteiger partial charge in [0.1, 0.15) is 0 Å². The summed E-state index contributed by atoms with van der Waals surface area (Å²) in [6.45, 7) is 2.37. The van der Waals surface area contributed by atoms with Crippen LogP contribution in [0.2, 0.25) is 0 Å². The molecule has 1 amide bonds. The first-order valence-corrected chi connectivity index (χ1v) is 5.06. The van der Waals surface area contributed by atoms with E-state index in [0.717, 1.165) is 0 Å². The molecular formula is C11H16N2O3. The second kappa shape index (κ2) is 5.34. The number of hydrogen-bond acceptors (Lipinski definition) is 4. The van der Waals surface area contributed by atoms with Gasteiger partial charge in [-0.15, -0.1) is 0 Å². The molecule has 5 nitrogen and oxygen atoms in total. The van der Waals surface area contributed by atoms with Gasteiger partial charge in [0.15, 0.2) is 17.9 Å². The first-order chi connectivity index (χ1) is 7.58. The molecule has 1 heterocycles. The van der Waals surface area contributed by atoms with Gasteiger partial charge in [0.05, 0.1) is 5.92 Å². The minimum atomic E-state index is -0.139. The van der Waals surface area contributed by atoms with E-state index in [1.54, 1.807) is 24.1 Å². The van der Waals surface area contributed by atoms with E-state index in [0.29, 0.717) is 18.7 Å². The van der Waals surface area contributed by atoms with E-state index in [1.165, 1.54) is 0 Å². The van der Waals surface area contributed by atoms with Crippen molar-refractivity contribution in [2.24, 2.45) is 5.92 Å². The highest BCUT2D eigenvalue weighted by molar-refractivity contribution is 5.78. The van der Waals surface area contributed by atoms with Crippen molar-refractivity contribution in [3.63, 3.8) is 0 Å². The number of rotatable bonds is 5. The van der Waals surface area contributed by atoms with Gasteiger partial charge in [-0.1, -0.05) is 6.92 Å². The van der Waals surface area contributed by atoms with Crippen LogP contribution in [-0.4, -0.2) is 32.8 Å². The molecule has 1 aromatic heterocycles. The van der Waals surface area contributed by atoms with Crippen molar-refractivity contribution in [3.8, 4) is 0 Å². The van der Waals surface area contributed by atoms with Crippen LogP contribution in [0.3, 0.4) is 0 Å². The molecule has 0 aliphatic carbocycles. The van der Waals surface area contributed by atoms with E-state index in [2.05, 4.69) is 5.32 Å². The predicted octanol–water partition coefficient (Wildman–Crippen LogP) is 0.910. The highest BCUT2D eigenvalue weighted by Gasteiger charge is 2.15. The Balaban J connectivity index is 2.61. The molecule has 1 rings (SSSR count). The van der Waals surface area contributed by atoms with Crippen LogP contribution in [0.1, 0.15) is 17.5 Å². The van der Waals surface area contributed by atoms with Gasteiger partial charge in [0.2, 0.25) is 5.91 Å². The number of nitrogens with zero attached hydrogens (tertiary/aromatic N) is 1. The highest BCUT2D eigenvalue weighted by Crippen LogP contribution is 2.17. The summed E-state index contributed by atoms with van der Waals surface area (Å²) in [5.74, 6) is 0.709. The maximum absolute atomic E-state index is 11.3. The maximum Gasteiger partial charge on any atom is 0.224 e. The molecule has 1 N–H and O–H groups in total. The Morgan fingerprint density at radius 1 is 1.62 bits per heavy atom. The fourth-order valence-corrected chi connectivity index (χ4v) is 1.44. The number of furan rings is 1. The molecule has 0 saturated carbocycles. The van der Waals surface area contributed by atoms with E-state index in [4.69, 9.17) is 4.42 Å². The van der Waals surface area contributed by atoms with E-state index in [9.17, 15) is 9.59 Å². The smallest absolute Gasteiger partial charge is 0.224 e. The van der Waals surface area contributed by atoms with Crippen LogP contribution in [0.4, 0.5) is 5.88 Å². The lowest BCUT2D eigenvalue weighted by atomic mass is 10.1. The Hall–Kier alpha value is -1.78. The molecule has 0 aromatic carbocycles. The van der Waals surface area contributed by atoms with Crippen molar-refractivity contribution in [1.29, 1.82) is 0 Å². The Morgan fingerprint density at radius 2 is 2.31 bits per heavy atom. The predicted molar refractivity (Wildman–Crippen MR) is 60.6 cm³/mol. The minimum absolute atomic E-state index is 0.0194. The zero-order valence-corrected chi connectivity index (χ0v) is 9.69. The number of aldehydes is 1. The van der Waals surface area contributed by atoms with Crippen LogP contribution in [0.25, 0.3) is 0 Å². The quantitative estimate of drug-likeness (QED) is 0.755. The Morgan fingerprint density at radius 3 is 2.81 bits per heavy atom. The van der Waals surface area contributed by atoms with Gasteiger partial charge in [0.25, 0.3) is 0 Å². The maximum atomic E-state index is 11.3. The second-order valence-corrected chi connectivity index (χ2v) is 3.69. The van der Waals surface area contributed by atoms with Crippen LogP contribution in [0.15, 0.2) is 16.5 Å². The number of nitrogens with one attached hydrogen (secondary N) is 1. The monoisotopic (exact) mass is 224 g/mol. The lowest BCUT2D eigenvalue weighted by Crippen LogP contribution is -2.34. The van der Waals surface area contributed by atoms with E-state index >= 15 is 0 Å². The number of amides is 1. The molecule has 0 radical (unpaired) electrons. The molecule has 0 fully saturated rings. The van der Waals surface area contributed by atoms with E-state index < -0.39 is 0 Å². The van der Waals surface area contributed by atoms with Crippen molar-refractivity contribution in [2.75, 3.05) is 25.5 Å². The van der Waals surface area contributed by atoms with E-state index in [1.807, 2.05) is 14.0 Å². The molecule has 0 spiro atoms. The SMILES string of the molecule is CNC(=O)C(C)CN(C)c1ccc(C=O)o1. The van der Waals surface area contributed by atoms with E-state index in [-0.39, 0.29) is 17.6 Å². The van der Waals surface area contributed by atoms with Gasteiger partial charge in [-0.3, -0.25) is 9.59 Å². The molecule has 0 aliphatic heterocycles. The molecule has 0 aliphatic rings. The van der Waals surface area contributed by atoms with Crippen LogP contribution in [0, 0.1) is 5.92 Å². The summed E-state index contributed by atoms with van der Waals surface area (Å²) in [6.07, 6.45) is 0.652. The average Bonchev–Trinajstić information content (AvgIpc) is 2.76. The van der Waals surface area contributed by atoms with Crippen molar-refractivity contribution < 1.29 is 14.0 Å². The number of carbonyl (C=O) groups excluding carboxylic acids is 2. The first kappa shape index (κ1) is 12.3. The molecule has 1 unspecified atom stereocenters. The fraction of sp³-hybridized carbons (Fsp3) is 0.455. The van der Waals surface area contributed by atoms with Crippen LogP contribution in [0.5, 0.6) is 0 Å². The standard InChI is InChI=1S/C11H16N2O3/c1-8(11(15)12-2)6-13(3)10-5-4-9(7-14)16-10/h4-5,7-8H,6H2,1-3H3,(H,12,15). The summed E-state index contributed by atoms with van der Waals surface area (Å²) in [5.41, 5.74) is 0. The zero-order valence-electron chi connectivity index (χ0n) is 9.69. The topological polar surface area (TPSA) is 62.6 Å².